The van der Waals surface area contributed by atoms with Crippen LogP contribution in [0.1, 0.15) is 39.2 Å². The summed E-state index contributed by atoms with van der Waals surface area (Å²) < 4.78 is 5.64. The minimum atomic E-state index is -0.577. The Morgan fingerprint density at radius 1 is 1.03 bits per heavy atom. The fraction of sp³-hybridized carbons (Fsp3) is 0.391. The number of nitrogens with one attached hydrogen (secondary N) is 1. The van der Waals surface area contributed by atoms with Crippen LogP contribution in [0.15, 0.2) is 54.6 Å². The molecule has 0 aliphatic heterocycles. The molecule has 0 fully saturated rings. The Morgan fingerprint density at radius 3 is 2.31 bits per heavy atom. The Morgan fingerprint density at radius 2 is 1.69 bits per heavy atom. The minimum absolute atomic E-state index is 0.0459. The zero-order valence-electron chi connectivity index (χ0n) is 17.2. The third-order valence-electron chi connectivity index (χ3n) is 4.77. The van der Waals surface area contributed by atoms with Gasteiger partial charge in [-0.05, 0) is 37.5 Å². The summed E-state index contributed by atoms with van der Waals surface area (Å²) >= 11 is 6.12. The van der Waals surface area contributed by atoms with Gasteiger partial charge in [0, 0.05) is 12.6 Å². The summed E-state index contributed by atoms with van der Waals surface area (Å²) in [5, 5.41) is 3.43. The number of benzene rings is 2. The number of hydrogen-bond donors (Lipinski definition) is 1. The van der Waals surface area contributed by atoms with Crippen LogP contribution in [0.4, 0.5) is 0 Å². The van der Waals surface area contributed by atoms with E-state index in [1.54, 1.807) is 29.2 Å². The summed E-state index contributed by atoms with van der Waals surface area (Å²) in [7, 11) is 0. The lowest BCUT2D eigenvalue weighted by atomic mass is 10.1. The number of carbonyl (C=O) groups is 2. The molecule has 156 valence electrons. The van der Waals surface area contributed by atoms with Crippen LogP contribution in [0, 0.1) is 0 Å². The van der Waals surface area contributed by atoms with Crippen LogP contribution < -0.4 is 10.1 Å². The monoisotopic (exact) mass is 416 g/mol. The molecule has 6 heteroatoms. The van der Waals surface area contributed by atoms with E-state index in [4.69, 9.17) is 16.3 Å². The molecule has 0 aromatic heterocycles. The van der Waals surface area contributed by atoms with Crippen molar-refractivity contribution in [1.82, 2.24) is 10.2 Å². The van der Waals surface area contributed by atoms with Crippen LogP contribution in [0.25, 0.3) is 0 Å². The zero-order valence-corrected chi connectivity index (χ0v) is 18.0. The first kappa shape index (κ1) is 22.8. The molecule has 0 aliphatic rings. The second kappa shape index (κ2) is 11.5. The number of nitrogens with zero attached hydrogens (tertiary/aromatic N) is 1. The van der Waals surface area contributed by atoms with Crippen molar-refractivity contribution in [1.29, 1.82) is 0 Å². The number of hydrogen-bond acceptors (Lipinski definition) is 3. The molecule has 2 rings (SSSR count). The maximum atomic E-state index is 13.1. The zero-order chi connectivity index (χ0) is 21.2. The Balaban J connectivity index is 2.19. The van der Waals surface area contributed by atoms with Crippen molar-refractivity contribution in [2.75, 3.05) is 6.61 Å². The van der Waals surface area contributed by atoms with Crippen molar-refractivity contribution in [2.45, 2.75) is 52.2 Å². The second-order valence-corrected chi connectivity index (χ2v) is 7.38. The number of ether oxygens (including phenoxy) is 1. The maximum absolute atomic E-state index is 13.1. The van der Waals surface area contributed by atoms with Crippen molar-refractivity contribution in [3.05, 3.63) is 65.2 Å². The Labute approximate surface area is 178 Å². The first-order valence-corrected chi connectivity index (χ1v) is 10.3. The van der Waals surface area contributed by atoms with Gasteiger partial charge in [-0.2, -0.15) is 0 Å². The highest BCUT2D eigenvalue weighted by Crippen LogP contribution is 2.23. The van der Waals surface area contributed by atoms with E-state index >= 15 is 0 Å². The van der Waals surface area contributed by atoms with Crippen LogP contribution >= 0.6 is 11.6 Å². The first-order chi connectivity index (χ1) is 14.0. The lowest BCUT2D eigenvalue weighted by Gasteiger charge is -2.31. The summed E-state index contributed by atoms with van der Waals surface area (Å²) in [4.78, 5) is 27.5. The molecule has 0 heterocycles. The molecule has 1 N–H and O–H groups in total. The van der Waals surface area contributed by atoms with Gasteiger partial charge >= 0.3 is 0 Å². The SMILES string of the molecule is CC[C@H](C(=O)N[C@@H](C)CC)N(Cc1ccccc1)C(=O)COc1ccccc1Cl. The van der Waals surface area contributed by atoms with Gasteiger partial charge in [-0.15, -0.1) is 0 Å². The van der Waals surface area contributed by atoms with Crippen LogP contribution in [0.3, 0.4) is 0 Å². The van der Waals surface area contributed by atoms with Gasteiger partial charge in [0.1, 0.15) is 11.8 Å². The highest BCUT2D eigenvalue weighted by molar-refractivity contribution is 6.32. The highest BCUT2D eigenvalue weighted by atomic mass is 35.5. The molecule has 0 saturated carbocycles. The topological polar surface area (TPSA) is 58.6 Å². The molecular formula is C23H29ClN2O3. The smallest absolute Gasteiger partial charge is 0.261 e. The minimum Gasteiger partial charge on any atom is -0.482 e. The van der Waals surface area contributed by atoms with E-state index in [0.29, 0.717) is 23.7 Å². The van der Waals surface area contributed by atoms with E-state index in [-0.39, 0.29) is 24.5 Å². The molecule has 2 amide bonds. The summed E-state index contributed by atoms with van der Waals surface area (Å²) in [5.41, 5.74) is 0.952. The van der Waals surface area contributed by atoms with E-state index < -0.39 is 6.04 Å². The normalized spacial score (nSPS) is 12.7. The van der Waals surface area contributed by atoms with Gasteiger partial charge in [-0.1, -0.05) is 67.9 Å². The van der Waals surface area contributed by atoms with Crippen LogP contribution in [0.2, 0.25) is 5.02 Å². The van der Waals surface area contributed by atoms with E-state index in [1.807, 2.05) is 51.1 Å². The number of para-hydroxylation sites is 1. The summed E-state index contributed by atoms with van der Waals surface area (Å²) in [6.45, 7) is 6.01. The largest absolute Gasteiger partial charge is 0.482 e. The third-order valence-corrected chi connectivity index (χ3v) is 5.08. The Hall–Kier alpha value is -2.53. The lowest BCUT2D eigenvalue weighted by Crippen LogP contribution is -2.51. The number of amides is 2. The van der Waals surface area contributed by atoms with Gasteiger partial charge in [0.05, 0.1) is 5.02 Å². The van der Waals surface area contributed by atoms with Crippen LogP contribution in [-0.2, 0) is 16.1 Å². The average molecular weight is 417 g/mol. The molecule has 0 unspecified atom stereocenters. The molecule has 2 atom stereocenters. The molecule has 5 nitrogen and oxygen atoms in total. The summed E-state index contributed by atoms with van der Waals surface area (Å²) in [6, 6.07) is 16.1. The van der Waals surface area contributed by atoms with Crippen molar-refractivity contribution in [3.63, 3.8) is 0 Å². The van der Waals surface area contributed by atoms with E-state index in [2.05, 4.69) is 5.32 Å². The molecule has 0 aliphatic carbocycles. The average Bonchev–Trinajstić information content (AvgIpc) is 2.73. The van der Waals surface area contributed by atoms with Gasteiger partial charge in [0.2, 0.25) is 5.91 Å². The van der Waals surface area contributed by atoms with Crippen molar-refractivity contribution in [3.8, 4) is 5.75 Å². The maximum Gasteiger partial charge on any atom is 0.261 e. The van der Waals surface area contributed by atoms with Gasteiger partial charge < -0.3 is 15.0 Å². The predicted molar refractivity (Wildman–Crippen MR) is 116 cm³/mol. The van der Waals surface area contributed by atoms with Crippen molar-refractivity contribution < 1.29 is 14.3 Å². The molecule has 29 heavy (non-hydrogen) atoms. The molecule has 0 spiro atoms. The quantitative estimate of drug-likeness (QED) is 0.622. The van der Waals surface area contributed by atoms with Crippen molar-refractivity contribution in [2.24, 2.45) is 0 Å². The summed E-state index contributed by atoms with van der Waals surface area (Å²) in [6.07, 6.45) is 1.33. The van der Waals surface area contributed by atoms with Gasteiger partial charge in [-0.25, -0.2) is 0 Å². The van der Waals surface area contributed by atoms with Crippen LogP contribution in [0.5, 0.6) is 5.75 Å². The molecule has 2 aromatic rings. The molecule has 2 aromatic carbocycles. The number of rotatable bonds is 10. The van der Waals surface area contributed by atoms with Gasteiger partial charge in [0.15, 0.2) is 6.61 Å². The first-order valence-electron chi connectivity index (χ1n) is 9.97. The standard InChI is InChI=1S/C23H29ClN2O3/c1-4-17(3)25-23(28)20(5-2)26(15-18-11-7-6-8-12-18)22(27)16-29-21-14-10-9-13-19(21)24/h6-14,17,20H,4-5,15-16H2,1-3H3,(H,25,28)/t17-,20+/m0/s1. The predicted octanol–water partition coefficient (Wildman–Crippen LogP) is 4.44. The third kappa shape index (κ3) is 6.79. The molecule has 0 radical (unpaired) electrons. The summed E-state index contributed by atoms with van der Waals surface area (Å²) in [5.74, 6) is 0.0306. The Kier molecular flexibility index (Phi) is 9.00. The van der Waals surface area contributed by atoms with Crippen LogP contribution in [-0.4, -0.2) is 35.4 Å². The van der Waals surface area contributed by atoms with Crippen molar-refractivity contribution >= 4 is 23.4 Å². The number of carbonyl (C=O) groups excluding carboxylic acids is 2. The second-order valence-electron chi connectivity index (χ2n) is 6.97. The highest BCUT2D eigenvalue weighted by Gasteiger charge is 2.29. The fourth-order valence-electron chi connectivity index (χ4n) is 2.92. The lowest BCUT2D eigenvalue weighted by molar-refractivity contribution is -0.143. The van der Waals surface area contributed by atoms with Gasteiger partial charge in [-0.3, -0.25) is 9.59 Å². The number of halogens is 1. The van der Waals surface area contributed by atoms with E-state index in [0.717, 1.165) is 12.0 Å². The Bertz CT molecular complexity index is 798. The fourth-order valence-corrected chi connectivity index (χ4v) is 3.12. The molecule has 0 bridgehead atoms. The van der Waals surface area contributed by atoms with E-state index in [9.17, 15) is 9.59 Å². The molecular weight excluding hydrogens is 388 g/mol. The van der Waals surface area contributed by atoms with E-state index in [1.165, 1.54) is 0 Å². The molecule has 0 saturated heterocycles. The van der Waals surface area contributed by atoms with Gasteiger partial charge in [0.25, 0.3) is 5.91 Å².